The van der Waals surface area contributed by atoms with Crippen LogP contribution in [0, 0.1) is 12.8 Å². The van der Waals surface area contributed by atoms with E-state index in [1.165, 1.54) is 0 Å². The molecule has 2 aromatic rings. The van der Waals surface area contributed by atoms with Crippen molar-refractivity contribution in [3.63, 3.8) is 0 Å². The van der Waals surface area contributed by atoms with E-state index in [0.29, 0.717) is 0 Å². The Hall–Kier alpha value is -1.60. The maximum atomic E-state index is 12.1. The first-order chi connectivity index (χ1) is 8.99. The fraction of sp³-hybridized carbons (Fsp3) is 0.235. The minimum absolute atomic E-state index is 0.0146. The van der Waals surface area contributed by atoms with E-state index in [-0.39, 0.29) is 11.7 Å². The summed E-state index contributed by atoms with van der Waals surface area (Å²) in [5, 5.41) is 0.718. The maximum Gasteiger partial charge on any atom is 0.165 e. The van der Waals surface area contributed by atoms with Crippen LogP contribution in [0.2, 0.25) is 5.02 Å². The van der Waals surface area contributed by atoms with E-state index in [1.54, 1.807) is 0 Å². The van der Waals surface area contributed by atoms with Crippen molar-refractivity contribution < 1.29 is 4.79 Å². The lowest BCUT2D eigenvalue weighted by Gasteiger charge is -2.10. The first-order valence-corrected chi connectivity index (χ1v) is 6.77. The minimum atomic E-state index is 0.0146. The number of benzene rings is 2. The van der Waals surface area contributed by atoms with Gasteiger partial charge in [0.05, 0.1) is 0 Å². The van der Waals surface area contributed by atoms with Gasteiger partial charge in [-0.1, -0.05) is 49.7 Å². The molecule has 0 amide bonds. The van der Waals surface area contributed by atoms with Crippen molar-refractivity contribution >= 4 is 17.4 Å². The third kappa shape index (κ3) is 3.05. The van der Waals surface area contributed by atoms with Crippen molar-refractivity contribution in [3.05, 3.63) is 58.6 Å². The Morgan fingerprint density at radius 3 is 2.26 bits per heavy atom. The van der Waals surface area contributed by atoms with Crippen molar-refractivity contribution in [2.75, 3.05) is 0 Å². The zero-order valence-electron chi connectivity index (χ0n) is 11.4. The largest absolute Gasteiger partial charge is 0.294 e. The monoisotopic (exact) mass is 272 g/mol. The zero-order chi connectivity index (χ0) is 14.0. The second kappa shape index (κ2) is 5.58. The van der Waals surface area contributed by atoms with E-state index >= 15 is 0 Å². The molecule has 0 spiro atoms. The Kier molecular flexibility index (Phi) is 4.06. The lowest BCUT2D eigenvalue weighted by molar-refractivity contribution is 0.0939. The second-order valence-electron chi connectivity index (χ2n) is 5.06. The van der Waals surface area contributed by atoms with Crippen LogP contribution >= 0.6 is 11.6 Å². The number of carbonyl (C=O) groups is 1. The van der Waals surface area contributed by atoms with Gasteiger partial charge in [-0.15, -0.1) is 0 Å². The molecular formula is C17H17ClO. The van der Waals surface area contributed by atoms with E-state index in [9.17, 15) is 4.79 Å². The summed E-state index contributed by atoms with van der Waals surface area (Å²) < 4.78 is 0. The Bertz CT molecular complexity index is 597. The van der Waals surface area contributed by atoms with E-state index in [2.05, 4.69) is 0 Å². The molecule has 0 fully saturated rings. The fourth-order valence-corrected chi connectivity index (χ4v) is 2.18. The predicted octanol–water partition coefficient (Wildman–Crippen LogP) is 5.15. The first kappa shape index (κ1) is 13.8. The lowest BCUT2D eigenvalue weighted by Crippen LogP contribution is -2.07. The minimum Gasteiger partial charge on any atom is -0.294 e. The maximum absolute atomic E-state index is 12.1. The van der Waals surface area contributed by atoms with Gasteiger partial charge in [-0.3, -0.25) is 4.79 Å². The van der Waals surface area contributed by atoms with Crippen LogP contribution in [0.25, 0.3) is 11.1 Å². The number of ketones is 1. The number of rotatable bonds is 3. The molecule has 0 aromatic heterocycles. The molecule has 2 aromatic carbocycles. The van der Waals surface area contributed by atoms with Gasteiger partial charge in [-0.05, 0) is 41.8 Å². The van der Waals surface area contributed by atoms with Crippen LogP contribution in [0.5, 0.6) is 0 Å². The Balaban J connectivity index is 2.48. The van der Waals surface area contributed by atoms with Crippen LogP contribution < -0.4 is 0 Å². The highest BCUT2D eigenvalue weighted by Crippen LogP contribution is 2.26. The number of carbonyl (C=O) groups excluding carboxylic acids is 1. The average Bonchev–Trinajstić information content (AvgIpc) is 2.39. The van der Waals surface area contributed by atoms with Gasteiger partial charge in [-0.2, -0.15) is 0 Å². The Labute approximate surface area is 119 Å². The normalized spacial score (nSPS) is 10.8. The van der Waals surface area contributed by atoms with Crippen LogP contribution in [0.3, 0.4) is 0 Å². The number of hydrogen-bond acceptors (Lipinski definition) is 1. The third-order valence-electron chi connectivity index (χ3n) is 3.20. The summed E-state index contributed by atoms with van der Waals surface area (Å²) in [5.41, 5.74) is 4.09. The number of halogens is 1. The molecule has 0 heterocycles. The third-order valence-corrected chi connectivity index (χ3v) is 3.45. The van der Waals surface area contributed by atoms with Gasteiger partial charge >= 0.3 is 0 Å². The molecule has 0 saturated carbocycles. The van der Waals surface area contributed by atoms with Crippen LogP contribution in [0.1, 0.15) is 29.8 Å². The van der Waals surface area contributed by atoms with Crippen molar-refractivity contribution in [2.24, 2.45) is 5.92 Å². The van der Waals surface area contributed by atoms with Crippen molar-refractivity contribution in [2.45, 2.75) is 20.8 Å². The Morgan fingerprint density at radius 2 is 1.68 bits per heavy atom. The molecule has 0 aliphatic rings. The molecule has 0 saturated heterocycles. The molecule has 0 unspecified atom stereocenters. The molecule has 1 nitrogen and oxygen atoms in total. The summed E-state index contributed by atoms with van der Waals surface area (Å²) in [6, 6.07) is 13.6. The summed E-state index contributed by atoms with van der Waals surface area (Å²) in [6.07, 6.45) is 0. The summed E-state index contributed by atoms with van der Waals surface area (Å²) in [7, 11) is 0. The molecule has 0 N–H and O–H groups in total. The standard InChI is InChI=1S/C17H17ClO/c1-11(2)17(19)14-5-4-12(3)16(10-14)13-6-8-15(18)9-7-13/h4-11H,1-3H3. The molecule has 2 rings (SSSR count). The lowest BCUT2D eigenvalue weighted by atomic mass is 9.94. The van der Waals surface area contributed by atoms with Gasteiger partial charge in [0.1, 0.15) is 0 Å². The Morgan fingerprint density at radius 1 is 1.05 bits per heavy atom. The molecule has 2 heteroatoms. The van der Waals surface area contributed by atoms with Gasteiger partial charge in [-0.25, -0.2) is 0 Å². The zero-order valence-corrected chi connectivity index (χ0v) is 12.2. The highest BCUT2D eigenvalue weighted by Gasteiger charge is 2.12. The molecule has 0 aliphatic carbocycles. The van der Waals surface area contributed by atoms with Crippen molar-refractivity contribution in [3.8, 4) is 11.1 Å². The van der Waals surface area contributed by atoms with Crippen molar-refractivity contribution in [1.82, 2.24) is 0 Å². The predicted molar refractivity (Wildman–Crippen MR) is 80.8 cm³/mol. The van der Waals surface area contributed by atoms with Gasteiger partial charge in [0, 0.05) is 16.5 Å². The quantitative estimate of drug-likeness (QED) is 0.706. The van der Waals surface area contributed by atoms with E-state index in [0.717, 1.165) is 27.3 Å². The second-order valence-corrected chi connectivity index (χ2v) is 5.49. The summed E-state index contributed by atoms with van der Waals surface area (Å²) >= 11 is 5.91. The van der Waals surface area contributed by atoms with Crippen LogP contribution in [0.15, 0.2) is 42.5 Å². The fourth-order valence-electron chi connectivity index (χ4n) is 2.05. The van der Waals surface area contributed by atoms with E-state index < -0.39 is 0 Å². The molecular weight excluding hydrogens is 256 g/mol. The van der Waals surface area contributed by atoms with Crippen molar-refractivity contribution in [1.29, 1.82) is 0 Å². The smallest absolute Gasteiger partial charge is 0.165 e. The van der Waals surface area contributed by atoms with Gasteiger partial charge in [0.25, 0.3) is 0 Å². The highest BCUT2D eigenvalue weighted by molar-refractivity contribution is 6.30. The van der Waals surface area contributed by atoms with Crippen LogP contribution in [-0.4, -0.2) is 5.78 Å². The van der Waals surface area contributed by atoms with Gasteiger partial charge in [0.15, 0.2) is 5.78 Å². The molecule has 0 radical (unpaired) electrons. The average molecular weight is 273 g/mol. The molecule has 0 bridgehead atoms. The van der Waals surface area contributed by atoms with E-state index in [4.69, 9.17) is 11.6 Å². The topological polar surface area (TPSA) is 17.1 Å². The molecule has 98 valence electrons. The summed E-state index contributed by atoms with van der Waals surface area (Å²) in [6.45, 7) is 5.89. The summed E-state index contributed by atoms with van der Waals surface area (Å²) in [5.74, 6) is 0.191. The van der Waals surface area contributed by atoms with Gasteiger partial charge in [0.2, 0.25) is 0 Å². The molecule has 19 heavy (non-hydrogen) atoms. The van der Waals surface area contributed by atoms with Crippen LogP contribution in [-0.2, 0) is 0 Å². The first-order valence-electron chi connectivity index (χ1n) is 6.40. The number of hydrogen-bond donors (Lipinski definition) is 0. The summed E-state index contributed by atoms with van der Waals surface area (Å²) in [4.78, 5) is 12.1. The van der Waals surface area contributed by atoms with Gasteiger partial charge < -0.3 is 0 Å². The highest BCUT2D eigenvalue weighted by atomic mass is 35.5. The molecule has 0 aliphatic heterocycles. The SMILES string of the molecule is Cc1ccc(C(=O)C(C)C)cc1-c1ccc(Cl)cc1. The number of aryl methyl sites for hydroxylation is 1. The van der Waals surface area contributed by atoms with E-state index in [1.807, 2.05) is 63.2 Å². The van der Waals surface area contributed by atoms with Crippen LogP contribution in [0.4, 0.5) is 0 Å². The number of Topliss-reactive ketones (excluding diaryl/α,β-unsaturated/α-hetero) is 1. The molecule has 0 atom stereocenters.